The minimum absolute atomic E-state index is 0.491. The Hall–Kier alpha value is -0.300. The van der Waals surface area contributed by atoms with Crippen LogP contribution in [0.4, 0.5) is 5.13 Å². The van der Waals surface area contributed by atoms with Gasteiger partial charge in [0.15, 0.2) is 5.13 Å². The summed E-state index contributed by atoms with van der Waals surface area (Å²) in [4.78, 5) is 8.56. The lowest BCUT2D eigenvalue weighted by Gasteiger charge is -2.18. The van der Waals surface area contributed by atoms with Gasteiger partial charge < -0.3 is 15.0 Å². The lowest BCUT2D eigenvalue weighted by molar-refractivity contribution is 0.181. The smallest absolute Gasteiger partial charge is 0.185 e. The number of aromatic nitrogens is 1. The van der Waals surface area contributed by atoms with E-state index >= 15 is 0 Å². The molecule has 1 saturated heterocycles. The molecule has 0 radical (unpaired) electrons. The highest BCUT2D eigenvalue weighted by molar-refractivity contribution is 7.99. The molecule has 1 N–H and O–H groups in total. The number of nitrogens with zero attached hydrogens (tertiary/aromatic N) is 2. The van der Waals surface area contributed by atoms with Crippen molar-refractivity contribution in [3.8, 4) is 0 Å². The molecular formula is C14H25N3OS2. The van der Waals surface area contributed by atoms with E-state index in [1.807, 2.05) is 23.1 Å². The molecule has 20 heavy (non-hydrogen) atoms. The van der Waals surface area contributed by atoms with Gasteiger partial charge in [0.25, 0.3) is 0 Å². The van der Waals surface area contributed by atoms with Crippen molar-refractivity contribution in [3.63, 3.8) is 0 Å². The highest BCUT2D eigenvalue weighted by atomic mass is 32.2. The summed E-state index contributed by atoms with van der Waals surface area (Å²) in [6, 6.07) is 0.491. The molecule has 0 amide bonds. The number of ether oxygens (including phenoxy) is 1. The molecule has 2 rings (SSSR count). The van der Waals surface area contributed by atoms with Crippen LogP contribution in [0.2, 0.25) is 0 Å². The van der Waals surface area contributed by atoms with E-state index in [9.17, 15) is 0 Å². The van der Waals surface area contributed by atoms with E-state index in [1.165, 1.54) is 27.9 Å². The van der Waals surface area contributed by atoms with Gasteiger partial charge in [-0.2, -0.15) is 11.8 Å². The van der Waals surface area contributed by atoms with Crippen LogP contribution in [0.15, 0.2) is 0 Å². The van der Waals surface area contributed by atoms with Gasteiger partial charge in [0.2, 0.25) is 0 Å². The summed E-state index contributed by atoms with van der Waals surface area (Å²) in [7, 11) is 1.74. The van der Waals surface area contributed by atoms with Crippen LogP contribution in [-0.4, -0.2) is 42.7 Å². The van der Waals surface area contributed by atoms with Gasteiger partial charge in [-0.05, 0) is 12.2 Å². The van der Waals surface area contributed by atoms with Crippen LogP contribution in [0.3, 0.4) is 0 Å². The van der Waals surface area contributed by atoms with Crippen LogP contribution in [0.25, 0.3) is 0 Å². The number of rotatable bonds is 6. The fourth-order valence-electron chi connectivity index (χ4n) is 2.13. The summed E-state index contributed by atoms with van der Waals surface area (Å²) in [5, 5.41) is 4.65. The molecule has 2 heterocycles. The second-order valence-electron chi connectivity index (χ2n) is 5.29. The minimum Gasteiger partial charge on any atom is -0.378 e. The topological polar surface area (TPSA) is 37.4 Å². The summed E-state index contributed by atoms with van der Waals surface area (Å²) in [6.07, 6.45) is 1.25. The number of hydrogen-bond acceptors (Lipinski definition) is 6. The van der Waals surface area contributed by atoms with E-state index in [0.717, 1.165) is 25.3 Å². The van der Waals surface area contributed by atoms with Crippen molar-refractivity contribution < 1.29 is 4.74 Å². The number of hydrogen-bond donors (Lipinski definition) is 1. The Balaban J connectivity index is 2.09. The van der Waals surface area contributed by atoms with Crippen LogP contribution in [-0.2, 0) is 17.9 Å². The molecule has 1 fully saturated rings. The van der Waals surface area contributed by atoms with Crippen molar-refractivity contribution in [2.45, 2.75) is 39.5 Å². The van der Waals surface area contributed by atoms with E-state index in [-0.39, 0.29) is 0 Å². The summed E-state index contributed by atoms with van der Waals surface area (Å²) in [5.74, 6) is 2.48. The molecule has 0 bridgehead atoms. The molecule has 6 heteroatoms. The second kappa shape index (κ2) is 8.22. The van der Waals surface area contributed by atoms with Gasteiger partial charge in [-0.3, -0.25) is 0 Å². The lowest BCUT2D eigenvalue weighted by atomic mass is 10.3. The van der Waals surface area contributed by atoms with Gasteiger partial charge in [0, 0.05) is 43.4 Å². The maximum atomic E-state index is 5.29. The van der Waals surface area contributed by atoms with Gasteiger partial charge in [0.1, 0.15) is 0 Å². The minimum atomic E-state index is 0.491. The number of methoxy groups -OCH3 is 1. The molecule has 4 nitrogen and oxygen atoms in total. The molecule has 114 valence electrons. The maximum absolute atomic E-state index is 5.29. The van der Waals surface area contributed by atoms with Gasteiger partial charge >= 0.3 is 0 Å². The highest BCUT2D eigenvalue weighted by Crippen LogP contribution is 2.28. The first kappa shape index (κ1) is 16.1. The van der Waals surface area contributed by atoms with Crippen molar-refractivity contribution in [3.05, 3.63) is 10.6 Å². The molecule has 1 aromatic rings. The first-order valence-corrected chi connectivity index (χ1v) is 9.21. The Kier molecular flexibility index (Phi) is 6.61. The Labute approximate surface area is 130 Å². The van der Waals surface area contributed by atoms with Crippen molar-refractivity contribution >= 4 is 28.2 Å². The number of thiazole rings is 1. The van der Waals surface area contributed by atoms with E-state index in [2.05, 4.69) is 24.1 Å². The Bertz CT molecular complexity index is 401. The van der Waals surface area contributed by atoms with Gasteiger partial charge in [-0.15, -0.1) is 11.3 Å². The predicted molar refractivity (Wildman–Crippen MR) is 89.0 cm³/mol. The molecule has 0 atom stereocenters. The number of anilines is 1. The van der Waals surface area contributed by atoms with Crippen molar-refractivity contribution in [2.75, 3.05) is 36.6 Å². The second-order valence-corrected chi connectivity index (χ2v) is 7.57. The molecule has 0 unspecified atom stereocenters. The van der Waals surface area contributed by atoms with Crippen LogP contribution in [0.1, 0.15) is 30.8 Å². The van der Waals surface area contributed by atoms with E-state index in [1.54, 1.807) is 7.11 Å². The van der Waals surface area contributed by atoms with E-state index < -0.39 is 0 Å². The van der Waals surface area contributed by atoms with Crippen LogP contribution >= 0.6 is 23.1 Å². The summed E-state index contributed by atoms with van der Waals surface area (Å²) < 4.78 is 5.29. The van der Waals surface area contributed by atoms with Crippen molar-refractivity contribution in [2.24, 2.45) is 0 Å². The molecule has 1 aliphatic heterocycles. The molecule has 0 spiro atoms. The molecule has 0 saturated carbocycles. The van der Waals surface area contributed by atoms with Gasteiger partial charge in [0.05, 0.1) is 12.3 Å². The van der Waals surface area contributed by atoms with Crippen molar-refractivity contribution in [1.82, 2.24) is 10.3 Å². The standard InChI is InChI=1S/C14H25N3OS2/c1-11(2)15-9-13-12(10-18-3)16-14(20-13)17-5-4-7-19-8-6-17/h11,15H,4-10H2,1-3H3. The molecule has 0 aromatic carbocycles. The third kappa shape index (κ3) is 4.62. The normalized spacial score (nSPS) is 16.7. The molecular weight excluding hydrogens is 290 g/mol. The Morgan fingerprint density at radius 3 is 2.95 bits per heavy atom. The fourth-order valence-corrected chi connectivity index (χ4v) is 4.08. The van der Waals surface area contributed by atoms with Crippen LogP contribution < -0.4 is 10.2 Å². The third-order valence-electron chi connectivity index (χ3n) is 3.21. The Morgan fingerprint density at radius 2 is 2.20 bits per heavy atom. The quantitative estimate of drug-likeness (QED) is 0.873. The molecule has 1 aliphatic rings. The van der Waals surface area contributed by atoms with E-state index in [0.29, 0.717) is 12.6 Å². The fraction of sp³-hybridized carbons (Fsp3) is 0.786. The zero-order valence-corrected chi connectivity index (χ0v) is 14.3. The number of nitrogens with one attached hydrogen (secondary N) is 1. The highest BCUT2D eigenvalue weighted by Gasteiger charge is 2.17. The summed E-state index contributed by atoms with van der Waals surface area (Å²) >= 11 is 3.87. The predicted octanol–water partition coefficient (Wildman–Crippen LogP) is 2.73. The van der Waals surface area contributed by atoms with Crippen LogP contribution in [0.5, 0.6) is 0 Å². The monoisotopic (exact) mass is 315 g/mol. The largest absolute Gasteiger partial charge is 0.378 e. The summed E-state index contributed by atoms with van der Waals surface area (Å²) in [6.45, 7) is 8.07. The lowest BCUT2D eigenvalue weighted by Crippen LogP contribution is -2.25. The average molecular weight is 316 g/mol. The zero-order valence-electron chi connectivity index (χ0n) is 12.6. The van der Waals surface area contributed by atoms with Gasteiger partial charge in [-0.1, -0.05) is 13.8 Å². The molecule has 1 aromatic heterocycles. The number of thioether (sulfide) groups is 1. The molecule has 0 aliphatic carbocycles. The SMILES string of the molecule is COCc1nc(N2CCCSCC2)sc1CNC(C)C. The summed E-state index contributed by atoms with van der Waals surface area (Å²) in [5.41, 5.74) is 1.09. The van der Waals surface area contributed by atoms with Gasteiger partial charge in [-0.25, -0.2) is 4.98 Å². The van der Waals surface area contributed by atoms with Crippen molar-refractivity contribution in [1.29, 1.82) is 0 Å². The average Bonchev–Trinajstić information content (AvgIpc) is 2.64. The first-order chi connectivity index (χ1) is 9.70. The Morgan fingerprint density at radius 1 is 1.35 bits per heavy atom. The van der Waals surface area contributed by atoms with E-state index in [4.69, 9.17) is 9.72 Å². The van der Waals surface area contributed by atoms with Crippen LogP contribution in [0, 0.1) is 0 Å². The maximum Gasteiger partial charge on any atom is 0.185 e. The third-order valence-corrected chi connectivity index (χ3v) is 5.42. The first-order valence-electron chi connectivity index (χ1n) is 7.24. The zero-order chi connectivity index (χ0) is 14.4.